The van der Waals surface area contributed by atoms with Crippen molar-refractivity contribution in [2.45, 2.75) is 51.1 Å². The van der Waals surface area contributed by atoms with Gasteiger partial charge >= 0.3 is 5.97 Å². The van der Waals surface area contributed by atoms with Gasteiger partial charge in [-0.25, -0.2) is 0 Å². The lowest BCUT2D eigenvalue weighted by atomic mass is 9.79. The lowest BCUT2D eigenvalue weighted by molar-refractivity contribution is -0.143. The lowest BCUT2D eigenvalue weighted by Gasteiger charge is -2.46. The zero-order valence-electron chi connectivity index (χ0n) is 19.3. The fraction of sp³-hybridized carbons (Fsp3) is 0.481. The van der Waals surface area contributed by atoms with Crippen molar-refractivity contribution >= 4 is 23.5 Å². The molecule has 2 atom stereocenters. The highest BCUT2D eigenvalue weighted by molar-refractivity contribution is 6.30. The molecule has 2 unspecified atom stereocenters. The third-order valence-corrected chi connectivity index (χ3v) is 8.06. The maximum Gasteiger partial charge on any atom is 0.306 e. The van der Waals surface area contributed by atoms with E-state index in [1.165, 1.54) is 22.3 Å². The van der Waals surface area contributed by atoms with Crippen LogP contribution in [-0.4, -0.2) is 41.1 Å². The van der Waals surface area contributed by atoms with Gasteiger partial charge in [0.2, 0.25) is 5.91 Å². The monoisotopic (exact) mass is 481 g/mol. The fourth-order valence-electron chi connectivity index (χ4n) is 5.99. The van der Waals surface area contributed by atoms with E-state index in [2.05, 4.69) is 33.7 Å². The number of hydrogen-bond donors (Lipinski definition) is 3. The highest BCUT2D eigenvalue weighted by Gasteiger charge is 2.39. The molecule has 1 aliphatic carbocycles. The Morgan fingerprint density at radius 1 is 1.09 bits per heavy atom. The first kappa shape index (κ1) is 23.2. The summed E-state index contributed by atoms with van der Waals surface area (Å²) in [4.78, 5) is 27.0. The van der Waals surface area contributed by atoms with Crippen LogP contribution in [0.15, 0.2) is 59.5 Å². The summed E-state index contributed by atoms with van der Waals surface area (Å²) in [5, 5.41) is 16.8. The lowest BCUT2D eigenvalue weighted by Crippen LogP contribution is -2.57. The highest BCUT2D eigenvalue weighted by atomic mass is 35.5. The van der Waals surface area contributed by atoms with E-state index in [1.807, 2.05) is 24.5 Å². The van der Waals surface area contributed by atoms with Gasteiger partial charge in [0.25, 0.3) is 0 Å². The summed E-state index contributed by atoms with van der Waals surface area (Å²) in [5.74, 6) is -0.170. The van der Waals surface area contributed by atoms with E-state index >= 15 is 0 Å². The van der Waals surface area contributed by atoms with Gasteiger partial charge in [-0.2, -0.15) is 0 Å². The SMILES string of the molecule is O=C(C[C@H]1CC[C@H](C(=O)O)CC1)N1CC(Cc2ccc(Cl)cc2)CC2=C3C=CNC=C3CNC21. The van der Waals surface area contributed by atoms with Gasteiger partial charge < -0.3 is 15.3 Å². The van der Waals surface area contributed by atoms with Gasteiger partial charge in [-0.15, -0.1) is 0 Å². The van der Waals surface area contributed by atoms with Gasteiger partial charge in [-0.1, -0.05) is 23.7 Å². The molecular weight excluding hydrogens is 450 g/mol. The number of benzene rings is 1. The second-order valence-corrected chi connectivity index (χ2v) is 10.5. The molecule has 3 N–H and O–H groups in total. The van der Waals surface area contributed by atoms with Crippen molar-refractivity contribution < 1.29 is 14.7 Å². The zero-order valence-corrected chi connectivity index (χ0v) is 20.1. The standard InChI is InChI=1S/C27H32ClN3O3/c28-22-7-3-17(4-8-22)11-19-12-24-23-9-10-29-14-21(23)15-30-26(24)31(16-19)25(32)13-18-1-5-20(6-2-18)27(33)34/h3-4,7-10,14,18-20,26,29-30H,1-2,5-6,11-13,15-16H2,(H,33,34)/t18-,19?,20-,26?. The topological polar surface area (TPSA) is 81.7 Å². The van der Waals surface area contributed by atoms with Crippen LogP contribution in [0.1, 0.15) is 44.1 Å². The number of carbonyl (C=O) groups is 2. The number of fused-ring (bicyclic) bond motifs is 2. The summed E-state index contributed by atoms with van der Waals surface area (Å²) >= 11 is 6.08. The Kier molecular flexibility index (Phi) is 6.79. The molecule has 3 aliphatic heterocycles. The third kappa shape index (κ3) is 4.93. The van der Waals surface area contributed by atoms with Crippen LogP contribution in [0.4, 0.5) is 0 Å². The molecule has 0 spiro atoms. The number of piperidine rings is 1. The molecule has 1 aromatic rings. The van der Waals surface area contributed by atoms with Crippen LogP contribution >= 0.6 is 11.6 Å². The van der Waals surface area contributed by atoms with Crippen LogP contribution in [0.2, 0.25) is 5.02 Å². The van der Waals surface area contributed by atoms with Gasteiger partial charge in [0.15, 0.2) is 0 Å². The molecule has 1 aromatic carbocycles. The first-order valence-corrected chi connectivity index (χ1v) is 12.7. The number of aliphatic carboxylic acids is 1. The quantitative estimate of drug-likeness (QED) is 0.586. The van der Waals surface area contributed by atoms with E-state index in [-0.39, 0.29) is 23.9 Å². The maximum absolute atomic E-state index is 13.6. The van der Waals surface area contributed by atoms with Crippen molar-refractivity contribution in [1.82, 2.24) is 15.5 Å². The van der Waals surface area contributed by atoms with Crippen molar-refractivity contribution in [3.8, 4) is 0 Å². The average molecular weight is 482 g/mol. The summed E-state index contributed by atoms with van der Waals surface area (Å²) < 4.78 is 0. The average Bonchev–Trinajstić information content (AvgIpc) is 2.85. The molecule has 1 amide bonds. The number of carbonyl (C=O) groups excluding carboxylic acids is 1. The third-order valence-electron chi connectivity index (χ3n) is 7.80. The van der Waals surface area contributed by atoms with E-state index in [4.69, 9.17) is 11.6 Å². The van der Waals surface area contributed by atoms with E-state index in [0.717, 1.165) is 43.8 Å². The van der Waals surface area contributed by atoms with E-state index < -0.39 is 5.97 Å². The summed E-state index contributed by atoms with van der Waals surface area (Å²) in [6.07, 6.45) is 11.4. The number of carboxylic acids is 1. The predicted octanol–water partition coefficient (Wildman–Crippen LogP) is 4.24. The molecule has 0 bridgehead atoms. The molecule has 7 heteroatoms. The van der Waals surface area contributed by atoms with Crippen LogP contribution < -0.4 is 10.6 Å². The van der Waals surface area contributed by atoms with E-state index in [9.17, 15) is 14.7 Å². The number of nitrogens with zero attached hydrogens (tertiary/aromatic N) is 1. The molecule has 1 saturated carbocycles. The Bertz CT molecular complexity index is 1040. The number of allylic oxidation sites excluding steroid dienone is 1. The van der Waals surface area contributed by atoms with Gasteiger partial charge in [-0.05, 0) is 90.9 Å². The summed E-state index contributed by atoms with van der Waals surface area (Å²) in [6, 6.07) is 8.01. The Labute approximate surface area is 205 Å². The molecule has 180 valence electrons. The molecular formula is C27H32ClN3O3. The number of nitrogens with one attached hydrogen (secondary N) is 2. The second kappa shape index (κ2) is 9.96. The van der Waals surface area contributed by atoms with Gasteiger partial charge in [0.05, 0.1) is 5.92 Å². The minimum atomic E-state index is -0.701. The van der Waals surface area contributed by atoms with Crippen LogP contribution in [0.3, 0.4) is 0 Å². The number of rotatable bonds is 5. The second-order valence-electron chi connectivity index (χ2n) is 10.1. The van der Waals surface area contributed by atoms with E-state index in [0.29, 0.717) is 25.2 Å². The predicted molar refractivity (Wildman–Crippen MR) is 132 cm³/mol. The Balaban J connectivity index is 1.35. The fourth-order valence-corrected chi connectivity index (χ4v) is 6.12. The van der Waals surface area contributed by atoms with Crippen molar-refractivity contribution in [3.05, 3.63) is 70.0 Å². The van der Waals surface area contributed by atoms with Crippen molar-refractivity contribution in [3.63, 3.8) is 0 Å². The highest BCUT2D eigenvalue weighted by Crippen LogP contribution is 2.38. The van der Waals surface area contributed by atoms with Crippen molar-refractivity contribution in [2.24, 2.45) is 17.8 Å². The molecule has 0 radical (unpaired) electrons. The molecule has 2 fully saturated rings. The van der Waals surface area contributed by atoms with Gasteiger partial charge in [0, 0.05) is 36.9 Å². The summed E-state index contributed by atoms with van der Waals surface area (Å²) in [6.45, 7) is 1.46. The molecule has 4 aliphatic rings. The van der Waals surface area contributed by atoms with Crippen LogP contribution in [-0.2, 0) is 16.0 Å². The van der Waals surface area contributed by atoms with Crippen molar-refractivity contribution in [2.75, 3.05) is 13.1 Å². The number of dihydropyridines is 1. The number of likely N-dealkylation sites (tertiary alicyclic amines) is 1. The van der Waals surface area contributed by atoms with Crippen LogP contribution in [0, 0.1) is 17.8 Å². The number of amides is 1. The smallest absolute Gasteiger partial charge is 0.306 e. The zero-order chi connectivity index (χ0) is 23.7. The summed E-state index contributed by atoms with van der Waals surface area (Å²) in [5.41, 5.74) is 5.02. The Morgan fingerprint density at radius 3 is 2.59 bits per heavy atom. The molecule has 6 nitrogen and oxygen atoms in total. The van der Waals surface area contributed by atoms with E-state index in [1.54, 1.807) is 0 Å². The minimum Gasteiger partial charge on any atom is -0.481 e. The number of hydrogen-bond acceptors (Lipinski definition) is 4. The van der Waals surface area contributed by atoms with Crippen molar-refractivity contribution in [1.29, 1.82) is 0 Å². The molecule has 3 heterocycles. The molecule has 1 saturated heterocycles. The largest absolute Gasteiger partial charge is 0.481 e. The maximum atomic E-state index is 13.6. The van der Waals surface area contributed by atoms with Crippen LogP contribution in [0.25, 0.3) is 0 Å². The minimum absolute atomic E-state index is 0.0702. The van der Waals surface area contributed by atoms with Gasteiger partial charge in [-0.3, -0.25) is 14.9 Å². The molecule has 0 aromatic heterocycles. The van der Waals surface area contributed by atoms with Crippen LogP contribution in [0.5, 0.6) is 0 Å². The van der Waals surface area contributed by atoms with Gasteiger partial charge in [0.1, 0.15) is 6.17 Å². The molecule has 34 heavy (non-hydrogen) atoms. The number of halogens is 1. The molecule has 5 rings (SSSR count). The first-order valence-electron chi connectivity index (χ1n) is 12.3. The normalized spacial score (nSPS) is 28.5. The Hall–Kier alpha value is -2.57. The Morgan fingerprint density at radius 2 is 1.85 bits per heavy atom. The number of carboxylic acid groups (broad SMARTS) is 1. The first-order chi connectivity index (χ1) is 16.5. The summed E-state index contributed by atoms with van der Waals surface area (Å²) in [7, 11) is 0.